The van der Waals surface area contributed by atoms with Crippen molar-refractivity contribution >= 4 is 17.3 Å². The number of carbonyl (C=O) groups is 1. The number of nitrogens with one attached hydrogen (secondary N) is 1. The molecular formula is C21H15N3O3. The third kappa shape index (κ3) is 1.79. The maximum Gasteiger partial charge on any atom is 0.306 e. The molecule has 27 heavy (non-hydrogen) atoms. The SMILES string of the molecule is O=C1Nc2ccccc2[C@@]12Oc1ccccc1[C@@H]1CC(c3ccco3)=NN12. The fourth-order valence-electron chi connectivity index (χ4n) is 4.23. The average molecular weight is 357 g/mol. The lowest BCUT2D eigenvalue weighted by Gasteiger charge is -2.43. The molecule has 3 aliphatic heterocycles. The predicted molar refractivity (Wildman–Crippen MR) is 98.3 cm³/mol. The minimum Gasteiger partial charge on any atom is -0.463 e. The highest BCUT2D eigenvalue weighted by atomic mass is 16.5. The number of benzene rings is 2. The third-order valence-electron chi connectivity index (χ3n) is 5.42. The van der Waals surface area contributed by atoms with Gasteiger partial charge < -0.3 is 14.5 Å². The van der Waals surface area contributed by atoms with Crippen LogP contribution in [0.25, 0.3) is 0 Å². The van der Waals surface area contributed by atoms with Gasteiger partial charge in [-0.2, -0.15) is 5.10 Å². The lowest BCUT2D eigenvalue weighted by molar-refractivity contribution is -0.161. The Hall–Kier alpha value is -3.54. The van der Waals surface area contributed by atoms with Crippen LogP contribution in [0.1, 0.15) is 29.3 Å². The van der Waals surface area contributed by atoms with Crippen LogP contribution >= 0.6 is 0 Å². The summed E-state index contributed by atoms with van der Waals surface area (Å²) in [7, 11) is 0. The normalized spacial score (nSPS) is 24.7. The van der Waals surface area contributed by atoms with Crippen molar-refractivity contribution in [2.24, 2.45) is 5.10 Å². The molecule has 4 heterocycles. The van der Waals surface area contributed by atoms with Crippen molar-refractivity contribution in [3.63, 3.8) is 0 Å². The first-order chi connectivity index (χ1) is 13.3. The summed E-state index contributed by atoms with van der Waals surface area (Å²) < 4.78 is 11.9. The maximum atomic E-state index is 13.2. The number of para-hydroxylation sites is 2. The van der Waals surface area contributed by atoms with Gasteiger partial charge in [-0.25, -0.2) is 5.01 Å². The van der Waals surface area contributed by atoms with Crippen molar-refractivity contribution in [3.8, 4) is 5.75 Å². The fourth-order valence-corrected chi connectivity index (χ4v) is 4.23. The molecule has 0 fully saturated rings. The molecule has 132 valence electrons. The molecule has 2 atom stereocenters. The highest BCUT2D eigenvalue weighted by Gasteiger charge is 2.60. The summed E-state index contributed by atoms with van der Waals surface area (Å²) in [5, 5.41) is 9.56. The molecule has 1 N–H and O–H groups in total. The van der Waals surface area contributed by atoms with E-state index in [1.54, 1.807) is 11.3 Å². The molecule has 6 heteroatoms. The topological polar surface area (TPSA) is 67.1 Å². The van der Waals surface area contributed by atoms with Crippen molar-refractivity contribution in [2.75, 3.05) is 5.32 Å². The Labute approximate surface area is 155 Å². The number of ether oxygens (including phenoxy) is 1. The van der Waals surface area contributed by atoms with E-state index in [4.69, 9.17) is 14.3 Å². The monoisotopic (exact) mass is 357 g/mol. The van der Waals surface area contributed by atoms with Crippen LogP contribution < -0.4 is 10.1 Å². The number of nitrogens with zero attached hydrogens (tertiary/aromatic N) is 2. The van der Waals surface area contributed by atoms with Crippen LogP contribution in [0.15, 0.2) is 76.4 Å². The molecule has 3 aromatic rings. The van der Waals surface area contributed by atoms with Crippen molar-refractivity contribution in [2.45, 2.75) is 18.2 Å². The first kappa shape index (κ1) is 14.6. The van der Waals surface area contributed by atoms with Gasteiger partial charge in [-0.15, -0.1) is 0 Å². The molecule has 1 aromatic heterocycles. The molecule has 0 aliphatic carbocycles. The second kappa shape index (κ2) is 5.01. The summed E-state index contributed by atoms with van der Waals surface area (Å²) in [6.45, 7) is 0. The average Bonchev–Trinajstić information content (AvgIpc) is 3.41. The van der Waals surface area contributed by atoms with Crippen LogP contribution in [0.4, 0.5) is 5.69 Å². The van der Waals surface area contributed by atoms with Gasteiger partial charge in [0.2, 0.25) is 0 Å². The Kier molecular flexibility index (Phi) is 2.71. The molecule has 6 rings (SSSR count). The second-order valence-corrected chi connectivity index (χ2v) is 6.87. The molecular weight excluding hydrogens is 342 g/mol. The van der Waals surface area contributed by atoms with Gasteiger partial charge in [-0.1, -0.05) is 36.4 Å². The van der Waals surface area contributed by atoms with Gasteiger partial charge in [0.05, 0.1) is 23.6 Å². The number of fused-ring (bicyclic) bond motifs is 6. The van der Waals surface area contributed by atoms with Crippen LogP contribution in [0, 0.1) is 0 Å². The highest BCUT2D eigenvalue weighted by molar-refractivity contribution is 6.06. The van der Waals surface area contributed by atoms with Crippen molar-refractivity contribution in [1.29, 1.82) is 0 Å². The van der Waals surface area contributed by atoms with E-state index in [0.29, 0.717) is 17.9 Å². The van der Waals surface area contributed by atoms with E-state index in [9.17, 15) is 4.79 Å². The molecule has 2 aromatic carbocycles. The molecule has 0 saturated heterocycles. The fraction of sp³-hybridized carbons (Fsp3) is 0.143. The largest absolute Gasteiger partial charge is 0.463 e. The Morgan fingerprint density at radius 3 is 2.81 bits per heavy atom. The van der Waals surface area contributed by atoms with Gasteiger partial charge in [0.15, 0.2) is 0 Å². The summed E-state index contributed by atoms with van der Waals surface area (Å²) in [6, 6.07) is 19.1. The summed E-state index contributed by atoms with van der Waals surface area (Å²) in [6.07, 6.45) is 2.28. The van der Waals surface area contributed by atoms with E-state index < -0.39 is 5.72 Å². The van der Waals surface area contributed by atoms with E-state index in [0.717, 1.165) is 22.5 Å². The number of amides is 1. The Morgan fingerprint density at radius 2 is 1.93 bits per heavy atom. The number of furan rings is 1. The van der Waals surface area contributed by atoms with Gasteiger partial charge >= 0.3 is 5.72 Å². The van der Waals surface area contributed by atoms with Gasteiger partial charge in [0.1, 0.15) is 17.2 Å². The van der Waals surface area contributed by atoms with E-state index >= 15 is 0 Å². The van der Waals surface area contributed by atoms with E-state index in [-0.39, 0.29) is 11.9 Å². The molecule has 1 spiro atoms. The third-order valence-corrected chi connectivity index (χ3v) is 5.42. The summed E-state index contributed by atoms with van der Waals surface area (Å²) in [4.78, 5) is 13.2. The van der Waals surface area contributed by atoms with Crippen molar-refractivity contribution in [1.82, 2.24) is 5.01 Å². The maximum absolute atomic E-state index is 13.2. The molecule has 0 saturated carbocycles. The summed E-state index contributed by atoms with van der Waals surface area (Å²) in [5.74, 6) is 1.19. The molecule has 1 amide bonds. The smallest absolute Gasteiger partial charge is 0.306 e. The zero-order chi connectivity index (χ0) is 18.0. The Morgan fingerprint density at radius 1 is 1.07 bits per heavy atom. The van der Waals surface area contributed by atoms with Crippen LogP contribution in [0.2, 0.25) is 0 Å². The highest BCUT2D eigenvalue weighted by Crippen LogP contribution is 2.53. The molecule has 6 nitrogen and oxygen atoms in total. The van der Waals surface area contributed by atoms with Gasteiger partial charge in [0, 0.05) is 12.0 Å². The van der Waals surface area contributed by atoms with Gasteiger partial charge in [-0.05, 0) is 24.3 Å². The van der Waals surface area contributed by atoms with Gasteiger partial charge in [-0.3, -0.25) is 4.79 Å². The van der Waals surface area contributed by atoms with Crippen LogP contribution in [0.5, 0.6) is 5.75 Å². The summed E-state index contributed by atoms with van der Waals surface area (Å²) >= 11 is 0. The number of anilines is 1. The number of rotatable bonds is 1. The second-order valence-electron chi connectivity index (χ2n) is 6.87. The lowest BCUT2D eigenvalue weighted by atomic mass is 9.93. The summed E-state index contributed by atoms with van der Waals surface area (Å²) in [5.41, 5.74) is 2.04. The van der Waals surface area contributed by atoms with E-state index in [1.165, 1.54) is 0 Å². The zero-order valence-corrected chi connectivity index (χ0v) is 14.3. The van der Waals surface area contributed by atoms with E-state index in [2.05, 4.69) is 5.32 Å². The zero-order valence-electron chi connectivity index (χ0n) is 14.3. The minimum absolute atomic E-state index is 0.105. The first-order valence-electron chi connectivity index (χ1n) is 8.87. The molecule has 3 aliphatic rings. The number of hydrogen-bond acceptors (Lipinski definition) is 5. The molecule has 0 radical (unpaired) electrons. The first-order valence-corrected chi connectivity index (χ1v) is 8.87. The number of hydrogen-bond donors (Lipinski definition) is 1. The molecule has 0 unspecified atom stereocenters. The van der Waals surface area contributed by atoms with Crippen LogP contribution in [0.3, 0.4) is 0 Å². The van der Waals surface area contributed by atoms with Crippen molar-refractivity contribution < 1.29 is 13.9 Å². The van der Waals surface area contributed by atoms with Crippen LogP contribution in [-0.4, -0.2) is 16.6 Å². The van der Waals surface area contributed by atoms with Gasteiger partial charge in [0.25, 0.3) is 5.91 Å². The van der Waals surface area contributed by atoms with E-state index in [1.807, 2.05) is 60.7 Å². The van der Waals surface area contributed by atoms with Crippen LogP contribution in [-0.2, 0) is 10.5 Å². The lowest BCUT2D eigenvalue weighted by Crippen LogP contribution is -2.55. The van der Waals surface area contributed by atoms with Crippen molar-refractivity contribution in [3.05, 3.63) is 83.8 Å². The Bertz CT molecular complexity index is 1110. The predicted octanol–water partition coefficient (Wildman–Crippen LogP) is 3.63. The number of hydrazone groups is 1. The number of carbonyl (C=O) groups excluding carboxylic acids is 1. The standard InChI is InChI=1S/C21H15N3O3/c25-20-21(14-7-2-3-8-15(14)22-20)24-17(13-6-1-4-9-18(13)27-21)12-16(23-24)19-10-5-11-26-19/h1-11,17H,12H2,(H,22,25)/t17-,21+/m0/s1. The Balaban J connectivity index is 1.60. The quantitative estimate of drug-likeness (QED) is 0.722. The molecule has 0 bridgehead atoms. The minimum atomic E-state index is -1.32.